The second kappa shape index (κ2) is 10.5. The molecule has 1 aliphatic heterocycles. The minimum atomic E-state index is -0.0216. The summed E-state index contributed by atoms with van der Waals surface area (Å²) in [4.78, 5) is 26.6. The summed E-state index contributed by atoms with van der Waals surface area (Å²) in [6.07, 6.45) is 4.70. The van der Waals surface area contributed by atoms with Crippen LogP contribution < -0.4 is 15.8 Å². The van der Waals surface area contributed by atoms with Gasteiger partial charge in [0.25, 0.3) is 5.91 Å². The van der Waals surface area contributed by atoms with Crippen molar-refractivity contribution >= 4 is 24.2 Å². The molecule has 0 aromatic heterocycles. The van der Waals surface area contributed by atoms with Gasteiger partial charge < -0.3 is 20.7 Å². The van der Waals surface area contributed by atoms with Crippen LogP contribution in [0.3, 0.4) is 0 Å². The molecule has 27 heavy (non-hydrogen) atoms. The summed E-state index contributed by atoms with van der Waals surface area (Å²) in [5.74, 6) is 1.21. The van der Waals surface area contributed by atoms with Crippen molar-refractivity contribution in [3.63, 3.8) is 0 Å². The summed E-state index contributed by atoms with van der Waals surface area (Å²) in [7, 11) is 0. The number of nitrogens with one attached hydrogen (secondary N) is 1. The normalized spacial score (nSPS) is 22.8. The van der Waals surface area contributed by atoms with Crippen LogP contribution in [0.15, 0.2) is 30.3 Å². The number of carbonyl (C=O) groups excluding carboxylic acids is 2. The largest absolute Gasteiger partial charge is 0.484 e. The number of nitrogens with two attached hydrogens (primary N) is 1. The second-order valence-electron chi connectivity index (χ2n) is 7.30. The highest BCUT2D eigenvalue weighted by atomic mass is 35.5. The average molecular weight is 396 g/mol. The van der Waals surface area contributed by atoms with E-state index in [4.69, 9.17) is 10.5 Å². The lowest BCUT2D eigenvalue weighted by Gasteiger charge is -2.32. The lowest BCUT2D eigenvalue weighted by atomic mass is 9.94. The Bertz CT molecular complexity index is 606. The number of ether oxygens (including phenoxy) is 1. The Kier molecular flexibility index (Phi) is 8.38. The van der Waals surface area contributed by atoms with Gasteiger partial charge in [-0.2, -0.15) is 0 Å². The molecule has 3 rings (SSSR count). The molecule has 0 spiro atoms. The molecule has 2 amide bonds. The van der Waals surface area contributed by atoms with Crippen LogP contribution in [0.1, 0.15) is 32.1 Å². The van der Waals surface area contributed by atoms with Crippen LogP contribution in [0, 0.1) is 11.8 Å². The summed E-state index contributed by atoms with van der Waals surface area (Å²) in [6, 6.07) is 9.56. The second-order valence-corrected chi connectivity index (χ2v) is 7.30. The number of piperidine rings is 1. The van der Waals surface area contributed by atoms with E-state index < -0.39 is 0 Å². The van der Waals surface area contributed by atoms with Crippen LogP contribution in [0.2, 0.25) is 0 Å². The maximum atomic E-state index is 12.5. The Morgan fingerprint density at radius 3 is 2.48 bits per heavy atom. The van der Waals surface area contributed by atoms with Gasteiger partial charge in [0.1, 0.15) is 5.75 Å². The molecule has 3 N–H and O–H groups in total. The minimum Gasteiger partial charge on any atom is -0.484 e. The molecular weight excluding hydrogens is 366 g/mol. The van der Waals surface area contributed by atoms with Crippen molar-refractivity contribution in [2.24, 2.45) is 17.6 Å². The zero-order chi connectivity index (χ0) is 18.4. The molecule has 1 aromatic carbocycles. The lowest BCUT2D eigenvalue weighted by molar-refractivity contribution is -0.137. The van der Waals surface area contributed by atoms with E-state index in [0.29, 0.717) is 44.1 Å². The average Bonchev–Trinajstić information content (AvgIpc) is 3.14. The van der Waals surface area contributed by atoms with Gasteiger partial charge in [-0.1, -0.05) is 24.6 Å². The number of likely N-dealkylation sites (tertiary alicyclic amines) is 1. The topological polar surface area (TPSA) is 84.7 Å². The maximum absolute atomic E-state index is 12.5. The third kappa shape index (κ3) is 5.84. The van der Waals surface area contributed by atoms with Gasteiger partial charge in [0.15, 0.2) is 6.61 Å². The van der Waals surface area contributed by atoms with Crippen molar-refractivity contribution in [3.05, 3.63) is 30.3 Å². The molecule has 1 aromatic rings. The van der Waals surface area contributed by atoms with Gasteiger partial charge in [-0.3, -0.25) is 9.59 Å². The standard InChI is InChI=1S/C20H29N3O3.ClH/c21-13-16-5-4-8-18(16)22-20(25)15-9-11-23(12-10-15)19(24)14-26-17-6-2-1-3-7-17;/h1-3,6-7,15-16,18H,4-5,8-14,21H2,(H,22,25);1H. The van der Waals surface area contributed by atoms with Crippen molar-refractivity contribution in [1.82, 2.24) is 10.2 Å². The number of amides is 2. The van der Waals surface area contributed by atoms with Crippen molar-refractivity contribution in [2.45, 2.75) is 38.1 Å². The van der Waals surface area contributed by atoms with Crippen molar-refractivity contribution in [1.29, 1.82) is 0 Å². The number of halogens is 1. The first-order valence-corrected chi connectivity index (χ1v) is 9.63. The van der Waals surface area contributed by atoms with Crippen LogP contribution in [-0.2, 0) is 9.59 Å². The zero-order valence-corrected chi connectivity index (χ0v) is 16.5. The Hall–Kier alpha value is -1.79. The molecule has 2 atom stereocenters. The summed E-state index contributed by atoms with van der Waals surface area (Å²) < 4.78 is 5.53. The highest BCUT2D eigenvalue weighted by molar-refractivity contribution is 5.85. The number of para-hydroxylation sites is 1. The van der Waals surface area contributed by atoms with E-state index in [1.165, 1.54) is 0 Å². The third-order valence-corrected chi connectivity index (χ3v) is 5.61. The smallest absolute Gasteiger partial charge is 0.260 e. The van der Waals surface area contributed by atoms with Gasteiger partial charge >= 0.3 is 0 Å². The summed E-state index contributed by atoms with van der Waals surface area (Å²) in [5, 5.41) is 3.19. The van der Waals surface area contributed by atoms with E-state index in [-0.39, 0.29) is 42.8 Å². The summed E-state index contributed by atoms with van der Waals surface area (Å²) in [5.41, 5.74) is 5.79. The van der Waals surface area contributed by atoms with Crippen molar-refractivity contribution < 1.29 is 14.3 Å². The molecule has 150 valence electrons. The minimum absolute atomic E-state index is 0. The Labute approximate surface area is 167 Å². The molecule has 1 aliphatic carbocycles. The quantitative estimate of drug-likeness (QED) is 0.771. The molecule has 6 nitrogen and oxygen atoms in total. The van der Waals surface area contributed by atoms with Crippen LogP contribution in [0.25, 0.3) is 0 Å². The Morgan fingerprint density at radius 1 is 1.11 bits per heavy atom. The number of benzene rings is 1. The first kappa shape index (κ1) is 21.5. The Morgan fingerprint density at radius 2 is 1.81 bits per heavy atom. The highest BCUT2D eigenvalue weighted by Crippen LogP contribution is 2.26. The molecule has 0 bridgehead atoms. The first-order valence-electron chi connectivity index (χ1n) is 9.63. The van der Waals surface area contributed by atoms with Gasteiger partial charge in [0.2, 0.25) is 5.91 Å². The fourth-order valence-corrected chi connectivity index (χ4v) is 3.95. The van der Waals surface area contributed by atoms with Gasteiger partial charge in [0.05, 0.1) is 0 Å². The summed E-state index contributed by atoms with van der Waals surface area (Å²) in [6.45, 7) is 1.90. The summed E-state index contributed by atoms with van der Waals surface area (Å²) >= 11 is 0. The van der Waals surface area contributed by atoms with Crippen molar-refractivity contribution in [2.75, 3.05) is 26.2 Å². The number of hydrogen-bond donors (Lipinski definition) is 2. The fourth-order valence-electron chi connectivity index (χ4n) is 3.95. The molecule has 2 unspecified atom stereocenters. The molecule has 7 heteroatoms. The molecule has 1 saturated heterocycles. The molecule has 2 aliphatic rings. The molecule has 2 fully saturated rings. The molecule has 1 heterocycles. The van der Waals surface area contributed by atoms with Gasteiger partial charge in [0, 0.05) is 25.0 Å². The maximum Gasteiger partial charge on any atom is 0.260 e. The van der Waals surface area contributed by atoms with Crippen molar-refractivity contribution in [3.8, 4) is 5.75 Å². The van der Waals surface area contributed by atoms with E-state index in [0.717, 1.165) is 19.3 Å². The number of rotatable bonds is 6. The van der Waals surface area contributed by atoms with E-state index in [2.05, 4.69) is 5.32 Å². The SMILES string of the molecule is Cl.NCC1CCCC1NC(=O)C1CCN(C(=O)COc2ccccc2)CC1. The zero-order valence-electron chi connectivity index (χ0n) is 15.6. The fraction of sp³-hybridized carbons (Fsp3) is 0.600. The van der Waals surface area contributed by atoms with Gasteiger partial charge in [-0.15, -0.1) is 12.4 Å². The van der Waals surface area contributed by atoms with Gasteiger partial charge in [-0.25, -0.2) is 0 Å². The predicted molar refractivity (Wildman–Crippen MR) is 107 cm³/mol. The van der Waals surface area contributed by atoms with Crippen LogP contribution in [0.4, 0.5) is 0 Å². The van der Waals surface area contributed by atoms with Gasteiger partial charge in [-0.05, 0) is 50.3 Å². The number of carbonyl (C=O) groups is 2. The highest BCUT2D eigenvalue weighted by Gasteiger charge is 2.32. The van der Waals surface area contributed by atoms with E-state index in [1.807, 2.05) is 30.3 Å². The van der Waals surface area contributed by atoms with Crippen LogP contribution in [0.5, 0.6) is 5.75 Å². The predicted octanol–water partition coefficient (Wildman–Crippen LogP) is 1.97. The number of hydrogen-bond acceptors (Lipinski definition) is 4. The van der Waals surface area contributed by atoms with E-state index in [1.54, 1.807) is 4.90 Å². The lowest BCUT2D eigenvalue weighted by Crippen LogP contribution is -2.47. The van der Waals surface area contributed by atoms with E-state index in [9.17, 15) is 9.59 Å². The molecular formula is C20H30ClN3O3. The molecule has 0 radical (unpaired) electrons. The third-order valence-electron chi connectivity index (χ3n) is 5.61. The van der Waals surface area contributed by atoms with E-state index >= 15 is 0 Å². The van der Waals surface area contributed by atoms with Crippen LogP contribution >= 0.6 is 12.4 Å². The Balaban J connectivity index is 0.00000261. The molecule has 1 saturated carbocycles. The monoisotopic (exact) mass is 395 g/mol. The van der Waals surface area contributed by atoms with Crippen LogP contribution in [-0.4, -0.2) is 49.0 Å². The first-order chi connectivity index (χ1) is 12.7. The number of nitrogens with zero attached hydrogens (tertiary/aromatic N) is 1.